The minimum absolute atomic E-state index is 0.0701. The fourth-order valence-electron chi connectivity index (χ4n) is 3.43. The molecule has 1 aliphatic rings. The molecule has 2 aromatic carbocycles. The van der Waals surface area contributed by atoms with Gasteiger partial charge in [0.05, 0.1) is 18.7 Å². The molecule has 1 amide bonds. The van der Waals surface area contributed by atoms with Gasteiger partial charge in [0.2, 0.25) is 5.91 Å². The first-order valence-corrected chi connectivity index (χ1v) is 9.67. The third kappa shape index (κ3) is 4.65. The Hall–Kier alpha value is -3.13. The molecule has 0 atom stereocenters. The molecule has 29 heavy (non-hydrogen) atoms. The Kier molecular flexibility index (Phi) is 5.62. The summed E-state index contributed by atoms with van der Waals surface area (Å²) in [7, 11) is 0. The number of amides is 1. The predicted molar refractivity (Wildman–Crippen MR) is 106 cm³/mol. The lowest BCUT2D eigenvalue weighted by molar-refractivity contribution is -0.132. The fraction of sp³-hybridized carbons (Fsp3) is 0.333. The molecular formula is C21H23FN6O. The van der Waals surface area contributed by atoms with E-state index in [1.165, 1.54) is 17.7 Å². The molecule has 0 aliphatic carbocycles. The maximum atomic E-state index is 13.0. The SMILES string of the molecule is Cc1ccc(-n2nnnc2CN2CCN(C(=O)Cc3ccc(F)cc3)CC2)cc1. The van der Waals surface area contributed by atoms with Crippen molar-refractivity contribution in [2.75, 3.05) is 26.2 Å². The van der Waals surface area contributed by atoms with Gasteiger partial charge in [-0.05, 0) is 47.2 Å². The van der Waals surface area contributed by atoms with E-state index in [4.69, 9.17) is 0 Å². The Morgan fingerprint density at radius 1 is 1.00 bits per heavy atom. The van der Waals surface area contributed by atoms with Crippen molar-refractivity contribution in [2.45, 2.75) is 19.9 Å². The molecule has 0 spiro atoms. The van der Waals surface area contributed by atoms with E-state index in [9.17, 15) is 9.18 Å². The summed E-state index contributed by atoms with van der Waals surface area (Å²) in [6.45, 7) is 5.51. The molecule has 3 aromatic rings. The second-order valence-electron chi connectivity index (χ2n) is 7.30. The molecule has 1 aromatic heterocycles. The van der Waals surface area contributed by atoms with Gasteiger partial charge in [0.1, 0.15) is 5.82 Å². The fourth-order valence-corrected chi connectivity index (χ4v) is 3.43. The Balaban J connectivity index is 1.32. The molecule has 1 saturated heterocycles. The van der Waals surface area contributed by atoms with Crippen LogP contribution in [0.2, 0.25) is 0 Å². The maximum absolute atomic E-state index is 13.0. The Bertz CT molecular complexity index is 962. The second-order valence-corrected chi connectivity index (χ2v) is 7.30. The molecule has 0 N–H and O–H groups in total. The Morgan fingerprint density at radius 3 is 2.38 bits per heavy atom. The minimum Gasteiger partial charge on any atom is -0.340 e. The van der Waals surface area contributed by atoms with Gasteiger partial charge in [0, 0.05) is 26.2 Å². The monoisotopic (exact) mass is 394 g/mol. The van der Waals surface area contributed by atoms with Crippen LogP contribution in [0.5, 0.6) is 0 Å². The van der Waals surface area contributed by atoms with Gasteiger partial charge in [-0.1, -0.05) is 29.8 Å². The summed E-state index contributed by atoms with van der Waals surface area (Å²) in [4.78, 5) is 16.6. The summed E-state index contributed by atoms with van der Waals surface area (Å²) in [5.74, 6) is 0.559. The number of nitrogens with zero attached hydrogens (tertiary/aromatic N) is 6. The number of benzene rings is 2. The highest BCUT2D eigenvalue weighted by Gasteiger charge is 2.23. The topological polar surface area (TPSA) is 67.2 Å². The number of aryl methyl sites for hydroxylation is 1. The van der Waals surface area contributed by atoms with Gasteiger partial charge < -0.3 is 4.90 Å². The van der Waals surface area contributed by atoms with E-state index in [1.54, 1.807) is 16.8 Å². The number of hydrogen-bond donors (Lipinski definition) is 0. The van der Waals surface area contributed by atoms with Crippen molar-refractivity contribution in [1.82, 2.24) is 30.0 Å². The summed E-state index contributed by atoms with van der Waals surface area (Å²) >= 11 is 0. The summed E-state index contributed by atoms with van der Waals surface area (Å²) in [5, 5.41) is 12.1. The first kappa shape index (κ1) is 19.2. The van der Waals surface area contributed by atoms with Crippen LogP contribution in [0.25, 0.3) is 5.69 Å². The quantitative estimate of drug-likeness (QED) is 0.662. The number of piperazine rings is 1. The van der Waals surface area contributed by atoms with Crippen LogP contribution in [-0.4, -0.2) is 62.1 Å². The molecule has 0 unspecified atom stereocenters. The smallest absolute Gasteiger partial charge is 0.227 e. The van der Waals surface area contributed by atoms with E-state index in [0.717, 1.165) is 30.2 Å². The lowest BCUT2D eigenvalue weighted by Crippen LogP contribution is -2.48. The molecule has 1 aliphatic heterocycles. The summed E-state index contributed by atoms with van der Waals surface area (Å²) in [6.07, 6.45) is 0.298. The van der Waals surface area contributed by atoms with Gasteiger partial charge in [-0.3, -0.25) is 9.69 Å². The largest absolute Gasteiger partial charge is 0.340 e. The number of rotatable bonds is 5. The number of hydrogen-bond acceptors (Lipinski definition) is 5. The normalized spacial score (nSPS) is 14.9. The minimum atomic E-state index is -0.289. The maximum Gasteiger partial charge on any atom is 0.227 e. The third-order valence-electron chi connectivity index (χ3n) is 5.17. The van der Waals surface area contributed by atoms with E-state index in [1.807, 2.05) is 36.1 Å². The highest BCUT2D eigenvalue weighted by molar-refractivity contribution is 5.78. The van der Waals surface area contributed by atoms with E-state index in [-0.39, 0.29) is 11.7 Å². The molecule has 0 saturated carbocycles. The lowest BCUT2D eigenvalue weighted by Gasteiger charge is -2.34. The van der Waals surface area contributed by atoms with Gasteiger partial charge in [-0.2, -0.15) is 4.68 Å². The number of carbonyl (C=O) groups excluding carboxylic acids is 1. The van der Waals surface area contributed by atoms with Crippen molar-refractivity contribution in [3.05, 3.63) is 71.3 Å². The van der Waals surface area contributed by atoms with Gasteiger partial charge in [-0.25, -0.2) is 4.39 Å². The first-order valence-electron chi connectivity index (χ1n) is 9.67. The van der Waals surface area contributed by atoms with Crippen LogP contribution in [0.1, 0.15) is 17.0 Å². The zero-order chi connectivity index (χ0) is 20.2. The summed E-state index contributed by atoms with van der Waals surface area (Å²) < 4.78 is 14.8. The lowest BCUT2D eigenvalue weighted by atomic mass is 10.1. The van der Waals surface area contributed by atoms with Crippen LogP contribution in [-0.2, 0) is 17.8 Å². The Morgan fingerprint density at radius 2 is 1.69 bits per heavy atom. The number of tetrazole rings is 1. The van der Waals surface area contributed by atoms with Gasteiger partial charge in [-0.15, -0.1) is 5.10 Å². The molecule has 4 rings (SSSR count). The molecule has 0 radical (unpaired) electrons. The average molecular weight is 394 g/mol. The van der Waals surface area contributed by atoms with Gasteiger partial charge >= 0.3 is 0 Å². The number of carbonyl (C=O) groups is 1. The molecule has 150 valence electrons. The van der Waals surface area contributed by atoms with E-state index in [0.29, 0.717) is 26.1 Å². The second kappa shape index (κ2) is 8.48. The molecule has 8 heteroatoms. The van der Waals surface area contributed by atoms with Crippen molar-refractivity contribution >= 4 is 5.91 Å². The van der Waals surface area contributed by atoms with Crippen LogP contribution in [0, 0.1) is 12.7 Å². The number of halogens is 1. The molecule has 0 bridgehead atoms. The average Bonchev–Trinajstić information content (AvgIpc) is 3.19. The third-order valence-corrected chi connectivity index (χ3v) is 5.17. The van der Waals surface area contributed by atoms with Gasteiger partial charge in [0.25, 0.3) is 0 Å². The first-order chi connectivity index (χ1) is 14.1. The van der Waals surface area contributed by atoms with Crippen LogP contribution >= 0.6 is 0 Å². The van der Waals surface area contributed by atoms with Crippen molar-refractivity contribution in [3.8, 4) is 5.69 Å². The van der Waals surface area contributed by atoms with Crippen molar-refractivity contribution < 1.29 is 9.18 Å². The van der Waals surface area contributed by atoms with E-state index in [2.05, 4.69) is 20.4 Å². The summed E-state index contributed by atoms with van der Waals surface area (Å²) in [5.41, 5.74) is 2.95. The summed E-state index contributed by atoms with van der Waals surface area (Å²) in [6, 6.07) is 14.2. The van der Waals surface area contributed by atoms with Crippen LogP contribution in [0.4, 0.5) is 4.39 Å². The predicted octanol–water partition coefficient (Wildman–Crippen LogP) is 2.00. The highest BCUT2D eigenvalue weighted by atomic mass is 19.1. The molecule has 2 heterocycles. The standard InChI is InChI=1S/C21H23FN6O/c1-16-2-8-19(9-3-16)28-20(23-24-25-28)15-26-10-12-27(13-11-26)21(29)14-17-4-6-18(22)7-5-17/h2-9H,10-15H2,1H3. The van der Waals surface area contributed by atoms with E-state index >= 15 is 0 Å². The Labute approximate surface area is 168 Å². The molecule has 7 nitrogen and oxygen atoms in total. The van der Waals surface area contributed by atoms with Gasteiger partial charge in [0.15, 0.2) is 5.82 Å². The van der Waals surface area contributed by atoms with Crippen LogP contribution < -0.4 is 0 Å². The molecule has 1 fully saturated rings. The van der Waals surface area contributed by atoms with Crippen molar-refractivity contribution in [2.24, 2.45) is 0 Å². The molecular weight excluding hydrogens is 371 g/mol. The van der Waals surface area contributed by atoms with Crippen LogP contribution in [0.3, 0.4) is 0 Å². The zero-order valence-corrected chi connectivity index (χ0v) is 16.3. The highest BCUT2D eigenvalue weighted by Crippen LogP contribution is 2.13. The number of aromatic nitrogens is 4. The van der Waals surface area contributed by atoms with E-state index < -0.39 is 0 Å². The van der Waals surface area contributed by atoms with Crippen molar-refractivity contribution in [3.63, 3.8) is 0 Å². The van der Waals surface area contributed by atoms with Crippen LogP contribution in [0.15, 0.2) is 48.5 Å². The van der Waals surface area contributed by atoms with Crippen molar-refractivity contribution in [1.29, 1.82) is 0 Å². The zero-order valence-electron chi connectivity index (χ0n) is 16.3.